The minimum atomic E-state index is -0.138. The molecule has 1 saturated heterocycles. The molecule has 5 rings (SSSR count). The van der Waals surface area contributed by atoms with E-state index in [1.807, 2.05) is 30.3 Å². The Balaban J connectivity index is 1.28. The topological polar surface area (TPSA) is 106 Å². The van der Waals surface area contributed by atoms with E-state index in [0.29, 0.717) is 42.7 Å². The van der Waals surface area contributed by atoms with Crippen molar-refractivity contribution in [2.45, 2.75) is 31.6 Å². The zero-order valence-electron chi connectivity index (χ0n) is 16.3. The highest BCUT2D eigenvalue weighted by Gasteiger charge is 2.37. The first-order chi connectivity index (χ1) is 14.7. The highest BCUT2D eigenvalue weighted by atomic mass is 32.1. The Labute approximate surface area is 177 Å². The van der Waals surface area contributed by atoms with Crippen LogP contribution >= 0.6 is 11.3 Å². The first-order valence-corrected chi connectivity index (χ1v) is 11.0. The minimum Gasteiger partial charge on any atom is -0.337 e. The maximum absolute atomic E-state index is 13.2. The minimum absolute atomic E-state index is 0.0625. The van der Waals surface area contributed by atoms with Crippen LogP contribution in [0, 0.1) is 5.92 Å². The van der Waals surface area contributed by atoms with Crippen molar-refractivity contribution in [3.63, 3.8) is 0 Å². The van der Waals surface area contributed by atoms with E-state index in [2.05, 4.69) is 25.8 Å². The van der Waals surface area contributed by atoms with Gasteiger partial charge in [0.05, 0.1) is 11.4 Å². The number of carbonyl (C=O) groups excluding carboxylic acids is 2. The summed E-state index contributed by atoms with van der Waals surface area (Å²) in [4.78, 5) is 27.4. The van der Waals surface area contributed by atoms with Gasteiger partial charge in [0.25, 0.3) is 5.91 Å². The van der Waals surface area contributed by atoms with E-state index >= 15 is 0 Å². The number of aromatic nitrogens is 5. The smallest absolute Gasteiger partial charge is 0.276 e. The zero-order chi connectivity index (χ0) is 20.5. The Bertz CT molecular complexity index is 1040. The fourth-order valence-corrected chi connectivity index (χ4v) is 4.30. The Kier molecular flexibility index (Phi) is 4.99. The fraction of sp³-hybridized carbons (Fsp3) is 0.400. The normalized spacial score (nSPS) is 17.1. The molecule has 1 saturated carbocycles. The second-order valence-corrected chi connectivity index (χ2v) is 8.48. The molecule has 0 atom stereocenters. The summed E-state index contributed by atoms with van der Waals surface area (Å²) in [5, 5.41) is 19.4. The van der Waals surface area contributed by atoms with Crippen LogP contribution in [0.3, 0.4) is 0 Å². The number of rotatable bonds is 5. The SMILES string of the molecule is O=C(Nc1nncs1)C1CCN(C(=O)c2nnn(-c3ccccc3)c2C2CC2)CC1. The quantitative estimate of drug-likeness (QED) is 0.676. The monoisotopic (exact) mass is 423 g/mol. The van der Waals surface area contributed by atoms with Crippen LogP contribution < -0.4 is 5.32 Å². The summed E-state index contributed by atoms with van der Waals surface area (Å²) in [5.41, 5.74) is 3.84. The van der Waals surface area contributed by atoms with Crippen LogP contribution in [0.2, 0.25) is 0 Å². The van der Waals surface area contributed by atoms with Crippen LogP contribution in [0.1, 0.15) is 47.8 Å². The second kappa shape index (κ2) is 7.94. The van der Waals surface area contributed by atoms with Crippen LogP contribution in [-0.2, 0) is 4.79 Å². The fourth-order valence-electron chi connectivity index (χ4n) is 3.85. The number of likely N-dealkylation sites (tertiary alicyclic amines) is 1. The predicted molar refractivity (Wildman–Crippen MR) is 111 cm³/mol. The number of nitrogens with zero attached hydrogens (tertiary/aromatic N) is 6. The molecule has 2 amide bonds. The van der Waals surface area contributed by atoms with E-state index in [0.717, 1.165) is 24.2 Å². The largest absolute Gasteiger partial charge is 0.337 e. The number of para-hydroxylation sites is 1. The number of nitrogens with one attached hydrogen (secondary N) is 1. The van der Waals surface area contributed by atoms with Crippen molar-refractivity contribution in [1.82, 2.24) is 30.1 Å². The molecule has 0 bridgehead atoms. The zero-order valence-corrected chi connectivity index (χ0v) is 17.1. The van der Waals surface area contributed by atoms with Crippen molar-refractivity contribution in [2.75, 3.05) is 18.4 Å². The summed E-state index contributed by atoms with van der Waals surface area (Å²) >= 11 is 1.29. The lowest BCUT2D eigenvalue weighted by Crippen LogP contribution is -2.41. The van der Waals surface area contributed by atoms with E-state index in [9.17, 15) is 9.59 Å². The number of anilines is 1. The molecule has 0 unspecified atom stereocenters. The van der Waals surface area contributed by atoms with Gasteiger partial charge in [0, 0.05) is 24.9 Å². The van der Waals surface area contributed by atoms with Gasteiger partial charge < -0.3 is 10.2 Å². The van der Waals surface area contributed by atoms with E-state index in [1.165, 1.54) is 11.3 Å². The molecule has 30 heavy (non-hydrogen) atoms. The molecule has 1 N–H and O–H groups in total. The van der Waals surface area contributed by atoms with Crippen molar-refractivity contribution >= 4 is 28.3 Å². The Morgan fingerprint density at radius 2 is 1.80 bits per heavy atom. The maximum Gasteiger partial charge on any atom is 0.276 e. The van der Waals surface area contributed by atoms with Gasteiger partial charge in [-0.05, 0) is 37.8 Å². The Hall–Kier alpha value is -3.14. The average Bonchev–Trinajstić information content (AvgIpc) is 3.31. The van der Waals surface area contributed by atoms with Crippen molar-refractivity contribution in [3.05, 3.63) is 47.2 Å². The summed E-state index contributed by atoms with van der Waals surface area (Å²) in [6.07, 6.45) is 3.33. The van der Waals surface area contributed by atoms with Crippen molar-refractivity contribution in [2.24, 2.45) is 5.92 Å². The summed E-state index contributed by atoms with van der Waals surface area (Å²) in [6, 6.07) is 9.79. The highest BCUT2D eigenvalue weighted by molar-refractivity contribution is 7.13. The molecule has 2 aromatic heterocycles. The first kappa shape index (κ1) is 18.9. The van der Waals surface area contributed by atoms with E-state index < -0.39 is 0 Å². The van der Waals surface area contributed by atoms with Crippen molar-refractivity contribution in [3.8, 4) is 5.69 Å². The molecule has 10 heteroatoms. The number of hydrogen-bond acceptors (Lipinski definition) is 7. The van der Waals surface area contributed by atoms with Crippen molar-refractivity contribution in [1.29, 1.82) is 0 Å². The van der Waals surface area contributed by atoms with Gasteiger partial charge in [-0.2, -0.15) is 0 Å². The molecular formula is C20H21N7O2S. The molecule has 154 valence electrons. The summed E-state index contributed by atoms with van der Waals surface area (Å²) in [6.45, 7) is 1.05. The third-order valence-electron chi connectivity index (χ3n) is 5.62. The average molecular weight is 424 g/mol. The molecule has 3 heterocycles. The molecule has 0 spiro atoms. The predicted octanol–water partition coefficient (Wildman–Crippen LogP) is 2.49. The second-order valence-electron chi connectivity index (χ2n) is 7.64. The molecule has 2 fully saturated rings. The van der Waals surface area contributed by atoms with Crippen LogP contribution in [0.25, 0.3) is 5.69 Å². The molecular weight excluding hydrogens is 402 g/mol. The lowest BCUT2D eigenvalue weighted by Gasteiger charge is -2.30. The number of amides is 2. The molecule has 9 nitrogen and oxygen atoms in total. The lowest BCUT2D eigenvalue weighted by molar-refractivity contribution is -0.121. The lowest BCUT2D eigenvalue weighted by atomic mass is 9.95. The number of piperidine rings is 1. The van der Waals surface area contributed by atoms with Crippen LogP contribution in [-0.4, -0.2) is 55.0 Å². The third-order valence-corrected chi connectivity index (χ3v) is 6.22. The highest BCUT2D eigenvalue weighted by Crippen LogP contribution is 2.42. The maximum atomic E-state index is 13.2. The number of hydrogen-bond donors (Lipinski definition) is 1. The molecule has 1 aliphatic heterocycles. The van der Waals surface area contributed by atoms with Crippen LogP contribution in [0.15, 0.2) is 35.8 Å². The number of benzene rings is 1. The molecule has 1 aliphatic carbocycles. The van der Waals surface area contributed by atoms with E-state index in [4.69, 9.17) is 0 Å². The molecule has 1 aromatic carbocycles. The molecule has 2 aliphatic rings. The van der Waals surface area contributed by atoms with Gasteiger partial charge in [-0.15, -0.1) is 15.3 Å². The van der Waals surface area contributed by atoms with Gasteiger partial charge in [0.2, 0.25) is 11.0 Å². The van der Waals surface area contributed by atoms with Crippen LogP contribution in [0.4, 0.5) is 5.13 Å². The third kappa shape index (κ3) is 3.70. The number of carbonyl (C=O) groups is 2. The van der Waals surface area contributed by atoms with Gasteiger partial charge in [-0.25, -0.2) is 4.68 Å². The van der Waals surface area contributed by atoms with Gasteiger partial charge in [0.15, 0.2) is 5.69 Å². The van der Waals surface area contributed by atoms with E-state index in [-0.39, 0.29) is 17.7 Å². The van der Waals surface area contributed by atoms with Gasteiger partial charge in [0.1, 0.15) is 5.51 Å². The standard InChI is InChI=1S/C20H21N7O2S/c28-18(22-20-24-21-12-30-20)14-8-10-26(11-9-14)19(29)16-17(13-6-7-13)27(25-23-16)15-4-2-1-3-5-15/h1-5,12-14H,6-11H2,(H,22,24,28). The summed E-state index contributed by atoms with van der Waals surface area (Å²) < 4.78 is 1.80. The van der Waals surface area contributed by atoms with Crippen molar-refractivity contribution < 1.29 is 9.59 Å². The van der Waals surface area contributed by atoms with Gasteiger partial charge >= 0.3 is 0 Å². The van der Waals surface area contributed by atoms with Gasteiger partial charge in [-0.1, -0.05) is 34.7 Å². The van der Waals surface area contributed by atoms with Gasteiger partial charge in [-0.3, -0.25) is 9.59 Å². The summed E-state index contributed by atoms with van der Waals surface area (Å²) in [5.74, 6) is 0.0323. The van der Waals surface area contributed by atoms with E-state index in [1.54, 1.807) is 15.1 Å². The van der Waals surface area contributed by atoms with Crippen LogP contribution in [0.5, 0.6) is 0 Å². The Morgan fingerprint density at radius 3 is 2.47 bits per heavy atom. The Morgan fingerprint density at radius 1 is 1.03 bits per heavy atom. The molecule has 0 radical (unpaired) electrons. The first-order valence-electron chi connectivity index (χ1n) is 10.1. The molecule has 3 aromatic rings. The summed E-state index contributed by atoms with van der Waals surface area (Å²) in [7, 11) is 0.